The second kappa shape index (κ2) is 11.6. The third kappa shape index (κ3) is 5.36. The molecule has 2 heterocycles. The minimum atomic E-state index is -0.668. The van der Waals surface area contributed by atoms with Crippen LogP contribution >= 0.6 is 15.9 Å². The molecule has 3 unspecified atom stereocenters. The number of imide groups is 1. The van der Waals surface area contributed by atoms with E-state index < -0.39 is 12.6 Å². The van der Waals surface area contributed by atoms with Crippen molar-refractivity contribution in [2.75, 3.05) is 18.6 Å². The number of hydrogen-bond donors (Lipinski definition) is 0. The van der Waals surface area contributed by atoms with Gasteiger partial charge in [0.15, 0.2) is 12.4 Å². The summed E-state index contributed by atoms with van der Waals surface area (Å²) in [5, 5.41) is 0.562. The maximum Gasteiger partial charge on any atom is 0.339 e. The van der Waals surface area contributed by atoms with Crippen molar-refractivity contribution in [3.05, 3.63) is 101 Å². The molecule has 0 spiro atoms. The normalized spacial score (nSPS) is 19.4. The Morgan fingerprint density at radius 1 is 1.00 bits per heavy atom. The summed E-state index contributed by atoms with van der Waals surface area (Å²) in [6.45, 7) is 1.52. The van der Waals surface area contributed by atoms with E-state index in [1.54, 1.807) is 66.7 Å². The Morgan fingerprint density at radius 2 is 1.79 bits per heavy atom. The van der Waals surface area contributed by atoms with Gasteiger partial charge in [0, 0.05) is 21.0 Å². The summed E-state index contributed by atoms with van der Waals surface area (Å²) in [5.74, 6) is -1.53. The van der Waals surface area contributed by atoms with Crippen molar-refractivity contribution < 1.29 is 28.7 Å². The zero-order chi connectivity index (χ0) is 30.2. The highest BCUT2D eigenvalue weighted by molar-refractivity contribution is 9.10. The molecule has 1 aliphatic heterocycles. The summed E-state index contributed by atoms with van der Waals surface area (Å²) in [6, 6.07) is 20.6. The molecule has 1 fully saturated rings. The van der Waals surface area contributed by atoms with Gasteiger partial charge in [0.2, 0.25) is 11.8 Å². The number of halogens is 1. The van der Waals surface area contributed by atoms with E-state index in [0.717, 1.165) is 4.47 Å². The molecule has 1 aromatic heterocycles. The lowest BCUT2D eigenvalue weighted by Gasteiger charge is -2.22. The van der Waals surface area contributed by atoms with Crippen molar-refractivity contribution in [1.82, 2.24) is 4.98 Å². The fraction of sp³-hybridized carbons (Fsp3) is 0.206. The van der Waals surface area contributed by atoms with Crippen molar-refractivity contribution in [3.63, 3.8) is 0 Å². The Morgan fingerprint density at radius 3 is 2.53 bits per heavy atom. The van der Waals surface area contributed by atoms with E-state index in [-0.39, 0.29) is 40.9 Å². The maximum absolute atomic E-state index is 13.3. The molecule has 0 radical (unpaired) electrons. The Kier molecular flexibility index (Phi) is 7.66. The molecule has 1 saturated heterocycles. The number of ketones is 1. The Bertz CT molecular complexity index is 1820. The number of aromatic nitrogens is 1. The first-order chi connectivity index (χ1) is 20.7. The number of carbonyl (C=O) groups is 4. The first-order valence-electron chi connectivity index (χ1n) is 13.8. The van der Waals surface area contributed by atoms with Crippen molar-refractivity contribution in [3.8, 4) is 17.0 Å². The molecule has 4 aromatic rings. The summed E-state index contributed by atoms with van der Waals surface area (Å²) >= 11 is 3.45. The monoisotopic (exact) mass is 638 g/mol. The van der Waals surface area contributed by atoms with Crippen LogP contribution in [0.4, 0.5) is 5.69 Å². The van der Waals surface area contributed by atoms with Crippen LogP contribution in [0.2, 0.25) is 0 Å². The molecule has 0 bridgehead atoms. The van der Waals surface area contributed by atoms with Gasteiger partial charge >= 0.3 is 5.97 Å². The molecular weight excluding hydrogens is 612 g/mol. The van der Waals surface area contributed by atoms with E-state index in [2.05, 4.69) is 15.9 Å². The van der Waals surface area contributed by atoms with E-state index in [1.807, 2.05) is 25.1 Å². The predicted octanol–water partition coefficient (Wildman–Crippen LogP) is 6.41. The lowest BCUT2D eigenvalue weighted by atomic mass is 9.78. The van der Waals surface area contributed by atoms with Gasteiger partial charge in [0.25, 0.3) is 0 Å². The molecule has 9 heteroatoms. The van der Waals surface area contributed by atoms with E-state index in [0.29, 0.717) is 45.6 Å². The third-order valence-corrected chi connectivity index (χ3v) is 8.50. The molecule has 2 amide bonds. The zero-order valence-electron chi connectivity index (χ0n) is 23.5. The number of rotatable bonds is 7. The minimum Gasteiger partial charge on any atom is -0.497 e. The van der Waals surface area contributed by atoms with Gasteiger partial charge < -0.3 is 9.47 Å². The summed E-state index contributed by atoms with van der Waals surface area (Å²) in [6.07, 6.45) is 4.54. The van der Waals surface area contributed by atoms with Gasteiger partial charge in [-0.15, -0.1) is 0 Å². The number of Topliss-reactive ketones (excluding diaryl/α,β-unsaturated/α-hetero) is 1. The smallest absolute Gasteiger partial charge is 0.339 e. The van der Waals surface area contributed by atoms with Gasteiger partial charge in [-0.05, 0) is 60.9 Å². The second-order valence-corrected chi connectivity index (χ2v) is 11.6. The predicted molar refractivity (Wildman–Crippen MR) is 165 cm³/mol. The average molecular weight is 640 g/mol. The molecule has 6 rings (SSSR count). The molecule has 0 N–H and O–H groups in total. The van der Waals surface area contributed by atoms with Crippen LogP contribution in [0.5, 0.6) is 5.75 Å². The van der Waals surface area contributed by atoms with Crippen molar-refractivity contribution in [1.29, 1.82) is 0 Å². The number of anilines is 1. The molecule has 216 valence electrons. The molecule has 2 aliphatic rings. The summed E-state index contributed by atoms with van der Waals surface area (Å²) in [7, 11) is 1.51. The SMILES string of the molecule is COc1cccc(C(=O)COC(=O)c2cc(-c3ccc(N4C(=O)C5CC=CC(C)C5C4=O)cc3)nc3ccc(Br)cc23)c1. The summed E-state index contributed by atoms with van der Waals surface area (Å²) < 4.78 is 11.4. The number of methoxy groups -OCH3 is 1. The Labute approximate surface area is 256 Å². The van der Waals surface area contributed by atoms with Crippen LogP contribution < -0.4 is 9.64 Å². The van der Waals surface area contributed by atoms with Gasteiger partial charge in [-0.25, -0.2) is 9.78 Å². The first kappa shape index (κ1) is 28.5. The second-order valence-electron chi connectivity index (χ2n) is 10.7. The average Bonchev–Trinajstić information content (AvgIpc) is 3.29. The number of fused-ring (bicyclic) bond motifs is 2. The fourth-order valence-electron chi connectivity index (χ4n) is 5.79. The number of ether oxygens (including phenoxy) is 2. The number of allylic oxidation sites excluding steroid dienone is 2. The fourth-order valence-corrected chi connectivity index (χ4v) is 6.15. The number of nitrogens with zero attached hydrogens (tertiary/aromatic N) is 2. The highest BCUT2D eigenvalue weighted by Gasteiger charge is 2.50. The molecule has 0 saturated carbocycles. The number of esters is 1. The standard InChI is InChI=1S/C34H27BrN2O6/c1-19-5-3-8-25-31(19)33(40)37(32(25)39)23-12-9-20(10-13-23)29-17-27(26-16-22(35)11-14-28(26)36-29)34(41)43-18-30(38)21-6-4-7-24(15-21)42-2/h3-7,9-17,19,25,31H,8,18H2,1-2H3. The van der Waals surface area contributed by atoms with Gasteiger partial charge in [-0.1, -0.05) is 59.3 Å². The highest BCUT2D eigenvalue weighted by atomic mass is 79.9. The van der Waals surface area contributed by atoms with Gasteiger partial charge in [-0.2, -0.15) is 0 Å². The largest absolute Gasteiger partial charge is 0.497 e. The highest BCUT2D eigenvalue weighted by Crippen LogP contribution is 2.41. The summed E-state index contributed by atoms with van der Waals surface area (Å²) in [4.78, 5) is 58.5. The van der Waals surface area contributed by atoms with Crippen molar-refractivity contribution >= 4 is 56.1 Å². The van der Waals surface area contributed by atoms with E-state index in [9.17, 15) is 19.2 Å². The van der Waals surface area contributed by atoms with Gasteiger partial charge in [0.05, 0.1) is 41.4 Å². The summed E-state index contributed by atoms with van der Waals surface area (Å²) in [5.41, 5.74) is 2.86. The molecule has 1 aliphatic carbocycles. The first-order valence-corrected chi connectivity index (χ1v) is 14.6. The van der Waals surface area contributed by atoms with Gasteiger partial charge in [-0.3, -0.25) is 19.3 Å². The topological polar surface area (TPSA) is 103 Å². The van der Waals surface area contributed by atoms with Crippen LogP contribution in [-0.4, -0.2) is 42.3 Å². The quantitative estimate of drug-likeness (QED) is 0.0996. The number of hydrogen-bond acceptors (Lipinski definition) is 7. The van der Waals surface area contributed by atoms with Crippen LogP contribution in [0.1, 0.15) is 34.1 Å². The molecule has 8 nitrogen and oxygen atoms in total. The molecular formula is C34H27BrN2O6. The molecule has 3 aromatic carbocycles. The lowest BCUT2D eigenvalue weighted by Crippen LogP contribution is -2.31. The van der Waals surface area contributed by atoms with Crippen LogP contribution in [0, 0.1) is 17.8 Å². The number of carbonyl (C=O) groups excluding carboxylic acids is 4. The zero-order valence-corrected chi connectivity index (χ0v) is 25.0. The third-order valence-electron chi connectivity index (χ3n) is 8.01. The van der Waals surface area contributed by atoms with E-state index >= 15 is 0 Å². The Hall–Kier alpha value is -4.63. The molecule has 43 heavy (non-hydrogen) atoms. The van der Waals surface area contributed by atoms with Crippen molar-refractivity contribution in [2.24, 2.45) is 17.8 Å². The van der Waals surface area contributed by atoms with Crippen LogP contribution in [0.3, 0.4) is 0 Å². The van der Waals surface area contributed by atoms with Crippen LogP contribution in [0.25, 0.3) is 22.2 Å². The number of pyridine rings is 1. The van der Waals surface area contributed by atoms with Gasteiger partial charge in [0.1, 0.15) is 5.75 Å². The Balaban J connectivity index is 1.27. The van der Waals surface area contributed by atoms with E-state index in [1.165, 1.54) is 12.0 Å². The van der Waals surface area contributed by atoms with Crippen molar-refractivity contribution in [2.45, 2.75) is 13.3 Å². The van der Waals surface area contributed by atoms with E-state index in [4.69, 9.17) is 14.5 Å². The number of benzene rings is 3. The molecule has 3 atom stereocenters. The minimum absolute atomic E-state index is 0.00491. The van der Waals surface area contributed by atoms with Crippen LogP contribution in [-0.2, 0) is 14.3 Å². The number of amides is 2. The van der Waals surface area contributed by atoms with Crippen LogP contribution in [0.15, 0.2) is 89.4 Å². The maximum atomic E-state index is 13.3. The lowest BCUT2D eigenvalue weighted by molar-refractivity contribution is -0.122.